The number of nitrogens with one attached hydrogen (secondary N) is 1. The molecule has 1 amide bonds. The van der Waals surface area contributed by atoms with Gasteiger partial charge in [0.25, 0.3) is 5.91 Å². The molecule has 0 saturated carbocycles. The number of rotatable bonds is 10. The third kappa shape index (κ3) is 7.61. The second kappa shape index (κ2) is 13.7. The van der Waals surface area contributed by atoms with Gasteiger partial charge in [-0.05, 0) is 71.6 Å². The lowest BCUT2D eigenvalue weighted by molar-refractivity contribution is 0.0374. The molecule has 1 N–H and O–H groups in total. The molecule has 3 aromatic rings. The first-order chi connectivity index (χ1) is 20.2. The van der Waals surface area contributed by atoms with Crippen LogP contribution >= 0.6 is 23.2 Å². The van der Waals surface area contributed by atoms with Crippen molar-refractivity contribution in [3.05, 3.63) is 111 Å². The molecule has 222 valence electrons. The van der Waals surface area contributed by atoms with Crippen LogP contribution in [-0.2, 0) is 14.6 Å². The van der Waals surface area contributed by atoms with Crippen molar-refractivity contribution in [2.75, 3.05) is 58.7 Å². The Balaban J connectivity index is 1.33. The van der Waals surface area contributed by atoms with Crippen molar-refractivity contribution in [3.63, 3.8) is 0 Å². The summed E-state index contributed by atoms with van der Waals surface area (Å²) < 4.78 is 31.5. The number of likely N-dealkylation sites (tertiary alicyclic amines) is 1. The summed E-state index contributed by atoms with van der Waals surface area (Å²) in [4.78, 5) is 17.8. The summed E-state index contributed by atoms with van der Waals surface area (Å²) in [7, 11) is -3.57. The maximum atomic E-state index is 13.1. The van der Waals surface area contributed by atoms with Crippen LogP contribution in [0.1, 0.15) is 39.5 Å². The van der Waals surface area contributed by atoms with Crippen molar-refractivity contribution in [1.82, 2.24) is 15.1 Å². The van der Waals surface area contributed by atoms with Crippen LogP contribution in [0, 0.1) is 0 Å². The number of halogens is 2. The lowest BCUT2D eigenvalue weighted by atomic mass is 9.92. The van der Waals surface area contributed by atoms with E-state index in [0.717, 1.165) is 56.0 Å². The van der Waals surface area contributed by atoms with Gasteiger partial charge in [-0.2, -0.15) is 0 Å². The molecule has 0 spiro atoms. The van der Waals surface area contributed by atoms with Crippen LogP contribution in [-0.4, -0.2) is 82.9 Å². The first-order valence-electron chi connectivity index (χ1n) is 14.0. The molecule has 42 heavy (non-hydrogen) atoms. The van der Waals surface area contributed by atoms with E-state index in [4.69, 9.17) is 27.9 Å². The van der Waals surface area contributed by atoms with Crippen molar-refractivity contribution in [3.8, 4) is 0 Å². The highest BCUT2D eigenvalue weighted by atomic mass is 35.5. The predicted octanol–water partition coefficient (Wildman–Crippen LogP) is 5.31. The van der Waals surface area contributed by atoms with Crippen LogP contribution < -0.4 is 5.32 Å². The molecule has 0 aromatic heterocycles. The number of carbonyl (C=O) groups excluding carboxylic acids is 1. The molecule has 2 saturated heterocycles. The summed E-state index contributed by atoms with van der Waals surface area (Å²) in [6.45, 7) is 5.71. The van der Waals surface area contributed by atoms with Gasteiger partial charge in [-0.15, -0.1) is 0 Å². The lowest BCUT2D eigenvalue weighted by Gasteiger charge is -2.42. The zero-order chi connectivity index (χ0) is 29.7. The average molecular weight is 629 g/mol. The highest BCUT2D eigenvalue weighted by Gasteiger charge is 2.34. The zero-order valence-electron chi connectivity index (χ0n) is 23.6. The van der Waals surface area contributed by atoms with Crippen LogP contribution in [0.4, 0.5) is 0 Å². The van der Waals surface area contributed by atoms with E-state index in [0.29, 0.717) is 40.8 Å². The second-order valence-electron chi connectivity index (χ2n) is 10.8. The molecule has 7 nitrogen and oxygen atoms in total. The molecule has 0 bridgehead atoms. The Morgan fingerprint density at radius 2 is 1.48 bits per heavy atom. The summed E-state index contributed by atoms with van der Waals surface area (Å²) >= 11 is 12.3. The fourth-order valence-corrected chi connectivity index (χ4v) is 7.05. The number of nitrogens with zero attached hydrogens (tertiary/aromatic N) is 2. The fraction of sp³-hybridized carbons (Fsp3) is 0.344. The zero-order valence-corrected chi connectivity index (χ0v) is 25.9. The Morgan fingerprint density at radius 1 is 0.905 bits per heavy atom. The highest BCUT2D eigenvalue weighted by Crippen LogP contribution is 2.38. The Labute approximate surface area is 258 Å². The monoisotopic (exact) mass is 627 g/mol. The quantitative estimate of drug-likeness (QED) is 0.307. The minimum absolute atomic E-state index is 0.0985. The van der Waals surface area contributed by atoms with Crippen LogP contribution in [0.2, 0.25) is 10.0 Å². The third-order valence-electron chi connectivity index (χ3n) is 7.64. The molecule has 0 unspecified atom stereocenters. The number of carbonyl (C=O) groups is 1. The van der Waals surface area contributed by atoms with Crippen molar-refractivity contribution in [1.29, 1.82) is 0 Å². The minimum atomic E-state index is -3.57. The number of hydrogen-bond donors (Lipinski definition) is 1. The molecular formula is C32H35Cl2N3O4S. The number of morpholine rings is 1. The Kier molecular flexibility index (Phi) is 10.0. The average Bonchev–Trinajstić information content (AvgIpc) is 2.95. The van der Waals surface area contributed by atoms with E-state index in [1.54, 1.807) is 24.3 Å². The maximum Gasteiger partial charge on any atom is 0.251 e. The smallest absolute Gasteiger partial charge is 0.251 e. The van der Waals surface area contributed by atoms with Gasteiger partial charge in [0.05, 0.1) is 24.2 Å². The van der Waals surface area contributed by atoms with Gasteiger partial charge in [-0.25, -0.2) is 8.42 Å². The van der Waals surface area contributed by atoms with Crippen LogP contribution in [0.5, 0.6) is 0 Å². The van der Waals surface area contributed by atoms with E-state index < -0.39 is 9.84 Å². The van der Waals surface area contributed by atoms with Gasteiger partial charge < -0.3 is 10.1 Å². The molecule has 3 aromatic carbocycles. The van der Waals surface area contributed by atoms with Crippen LogP contribution in [0.25, 0.3) is 4.91 Å². The topological polar surface area (TPSA) is 79.0 Å². The molecule has 2 heterocycles. The number of benzene rings is 3. The Hall–Kier alpha value is -2.72. The van der Waals surface area contributed by atoms with Gasteiger partial charge >= 0.3 is 0 Å². The summed E-state index contributed by atoms with van der Waals surface area (Å²) in [5.74, 6) is -0.211. The van der Waals surface area contributed by atoms with Gasteiger partial charge in [0.1, 0.15) is 0 Å². The summed E-state index contributed by atoms with van der Waals surface area (Å²) in [6.07, 6.45) is 2.06. The van der Waals surface area contributed by atoms with Gasteiger partial charge in [0.2, 0.25) is 0 Å². The fourth-order valence-electron chi connectivity index (χ4n) is 5.59. The van der Waals surface area contributed by atoms with Crippen molar-refractivity contribution in [2.45, 2.75) is 12.5 Å². The largest absolute Gasteiger partial charge is 0.379 e. The number of hydrogen-bond acceptors (Lipinski definition) is 6. The second-order valence-corrected chi connectivity index (χ2v) is 13.6. The normalized spacial score (nSPS) is 16.3. The lowest BCUT2D eigenvalue weighted by Crippen LogP contribution is -2.44. The first-order valence-corrected chi connectivity index (χ1v) is 16.7. The van der Waals surface area contributed by atoms with Crippen molar-refractivity contribution >= 4 is 43.9 Å². The Bertz CT molecular complexity index is 1480. The number of amides is 1. The SMILES string of the molecule is CS(=O)(=O)C(=C1CN(C(c2ccc(Cl)cc2)c2ccc(Cl)cc2)C1)c1cccc(C(=O)NCCCN2CCOCC2)c1. The molecule has 2 aliphatic rings. The van der Waals surface area contributed by atoms with Gasteiger partial charge in [-0.1, -0.05) is 59.6 Å². The molecule has 2 aliphatic heterocycles. The number of ether oxygens (including phenoxy) is 1. The molecular weight excluding hydrogens is 593 g/mol. The van der Waals surface area contributed by atoms with E-state index in [1.165, 1.54) is 6.26 Å². The Morgan fingerprint density at radius 3 is 2.05 bits per heavy atom. The van der Waals surface area contributed by atoms with Gasteiger partial charge in [0.15, 0.2) is 9.84 Å². The summed E-state index contributed by atoms with van der Waals surface area (Å²) in [6, 6.07) is 22.2. The minimum Gasteiger partial charge on any atom is -0.379 e. The molecule has 0 aliphatic carbocycles. The molecule has 5 rings (SSSR count). The standard InChI is InChI=1S/C32H35Cl2N3O4S/c1-42(39,40)31(25-4-2-5-26(20-25)32(38)35-14-3-15-36-16-18-41-19-17-36)27-21-37(22-27)30(23-6-10-28(33)11-7-23)24-8-12-29(34)13-9-24/h2,4-13,20,30H,3,14-19,21-22H2,1H3,(H,35,38). The highest BCUT2D eigenvalue weighted by molar-refractivity contribution is 8.00. The molecule has 2 fully saturated rings. The molecule has 0 radical (unpaired) electrons. The van der Waals surface area contributed by atoms with E-state index in [2.05, 4.69) is 15.1 Å². The van der Waals surface area contributed by atoms with E-state index in [-0.39, 0.29) is 16.9 Å². The van der Waals surface area contributed by atoms with E-state index in [1.807, 2.05) is 48.5 Å². The first kappa shape index (κ1) is 30.7. The van der Waals surface area contributed by atoms with Crippen LogP contribution in [0.15, 0.2) is 78.4 Å². The molecule has 0 atom stereocenters. The summed E-state index contributed by atoms with van der Waals surface area (Å²) in [5.41, 5.74) is 3.89. The molecule has 10 heteroatoms. The predicted molar refractivity (Wildman–Crippen MR) is 169 cm³/mol. The maximum absolute atomic E-state index is 13.1. The third-order valence-corrected chi connectivity index (χ3v) is 9.41. The number of sulfone groups is 1. The van der Waals surface area contributed by atoms with Gasteiger partial charge in [-0.3, -0.25) is 14.6 Å². The van der Waals surface area contributed by atoms with Crippen molar-refractivity contribution in [2.24, 2.45) is 0 Å². The van der Waals surface area contributed by atoms with Gasteiger partial charge in [0, 0.05) is 54.6 Å². The van der Waals surface area contributed by atoms with E-state index >= 15 is 0 Å². The summed E-state index contributed by atoms with van der Waals surface area (Å²) in [5, 5.41) is 4.28. The van der Waals surface area contributed by atoms with Crippen molar-refractivity contribution < 1.29 is 17.9 Å². The van der Waals surface area contributed by atoms with Crippen LogP contribution in [0.3, 0.4) is 0 Å². The van der Waals surface area contributed by atoms with E-state index in [9.17, 15) is 13.2 Å².